The molecule has 1 saturated heterocycles. The molecule has 0 atom stereocenters. The molecule has 2 aromatic carbocycles. The summed E-state index contributed by atoms with van der Waals surface area (Å²) in [6.45, 7) is 1.58. The van der Waals surface area contributed by atoms with Gasteiger partial charge >= 0.3 is 6.03 Å². The molecule has 3 amide bonds. The van der Waals surface area contributed by atoms with Crippen LogP contribution >= 0.6 is 0 Å². The molecule has 1 N–H and O–H groups in total. The molecule has 29 heavy (non-hydrogen) atoms. The first-order chi connectivity index (χ1) is 14.0. The van der Waals surface area contributed by atoms with Crippen molar-refractivity contribution in [1.82, 2.24) is 9.80 Å². The van der Waals surface area contributed by atoms with E-state index in [9.17, 15) is 14.0 Å². The number of rotatable bonds is 6. The molecule has 2 aromatic rings. The van der Waals surface area contributed by atoms with E-state index in [1.54, 1.807) is 25.2 Å². The number of amides is 3. The molecule has 0 aliphatic carbocycles. The van der Waals surface area contributed by atoms with E-state index in [2.05, 4.69) is 5.32 Å². The summed E-state index contributed by atoms with van der Waals surface area (Å²) in [5.41, 5.74) is 2.29. The lowest BCUT2D eigenvalue weighted by Crippen LogP contribution is -2.34. The zero-order chi connectivity index (χ0) is 20.8. The van der Waals surface area contributed by atoms with E-state index < -0.39 is 5.82 Å². The molecule has 0 bridgehead atoms. The first-order valence-corrected chi connectivity index (χ1v) is 9.67. The van der Waals surface area contributed by atoms with Crippen molar-refractivity contribution in [2.24, 2.45) is 0 Å². The summed E-state index contributed by atoms with van der Waals surface area (Å²) in [6.07, 6.45) is 2.59. The van der Waals surface area contributed by atoms with Crippen molar-refractivity contribution in [2.75, 3.05) is 26.0 Å². The number of carbonyl (C=O) groups excluding carboxylic acids is 2. The standard InChI is InChI=1S/C22H26FN3O3/c1-25(14-17-9-10-20(29-2)19(23)13-17)22(28)24-18-7-5-6-16(12-18)15-26-11-4-3-8-21(26)27/h5-7,9-10,12-13H,3-4,8,11,14-15H2,1-2H3,(H,24,28). The number of anilines is 1. The predicted molar refractivity (Wildman–Crippen MR) is 109 cm³/mol. The van der Waals surface area contributed by atoms with E-state index in [1.165, 1.54) is 18.1 Å². The Bertz CT molecular complexity index is 887. The van der Waals surface area contributed by atoms with Crippen LogP contribution in [-0.4, -0.2) is 42.4 Å². The van der Waals surface area contributed by atoms with E-state index in [-0.39, 0.29) is 24.2 Å². The number of nitrogens with zero attached hydrogens (tertiary/aromatic N) is 2. The van der Waals surface area contributed by atoms with Crippen molar-refractivity contribution < 1.29 is 18.7 Å². The van der Waals surface area contributed by atoms with Crippen LogP contribution in [0.4, 0.5) is 14.9 Å². The fourth-order valence-corrected chi connectivity index (χ4v) is 3.37. The zero-order valence-electron chi connectivity index (χ0n) is 16.8. The molecule has 154 valence electrons. The van der Waals surface area contributed by atoms with Gasteiger partial charge in [0.2, 0.25) is 5.91 Å². The second-order valence-electron chi connectivity index (χ2n) is 7.23. The van der Waals surface area contributed by atoms with Gasteiger partial charge in [0.15, 0.2) is 11.6 Å². The Labute approximate surface area is 170 Å². The number of benzene rings is 2. The Morgan fingerprint density at radius 2 is 2.03 bits per heavy atom. The quantitative estimate of drug-likeness (QED) is 0.798. The number of urea groups is 1. The monoisotopic (exact) mass is 399 g/mol. The highest BCUT2D eigenvalue weighted by atomic mass is 19.1. The highest BCUT2D eigenvalue weighted by Gasteiger charge is 2.18. The minimum absolute atomic E-state index is 0.171. The lowest BCUT2D eigenvalue weighted by atomic mass is 10.1. The van der Waals surface area contributed by atoms with Gasteiger partial charge in [-0.3, -0.25) is 4.79 Å². The van der Waals surface area contributed by atoms with Crippen molar-refractivity contribution >= 4 is 17.6 Å². The van der Waals surface area contributed by atoms with Gasteiger partial charge in [-0.05, 0) is 48.2 Å². The highest BCUT2D eigenvalue weighted by molar-refractivity contribution is 5.89. The molecular formula is C22H26FN3O3. The fourth-order valence-electron chi connectivity index (χ4n) is 3.37. The van der Waals surface area contributed by atoms with Gasteiger partial charge in [-0.2, -0.15) is 0 Å². The molecule has 6 nitrogen and oxygen atoms in total. The Hall–Kier alpha value is -3.09. The molecule has 1 aliphatic rings. The number of carbonyl (C=O) groups is 2. The SMILES string of the molecule is COc1ccc(CN(C)C(=O)Nc2cccc(CN3CCCCC3=O)c2)cc1F. The molecule has 7 heteroatoms. The van der Waals surface area contributed by atoms with Crippen molar-refractivity contribution in [3.05, 3.63) is 59.4 Å². The van der Waals surface area contributed by atoms with Gasteiger partial charge in [0.25, 0.3) is 0 Å². The third kappa shape index (κ3) is 5.47. The van der Waals surface area contributed by atoms with E-state index in [0.29, 0.717) is 24.2 Å². The Kier molecular flexibility index (Phi) is 6.69. The van der Waals surface area contributed by atoms with Crippen LogP contribution in [-0.2, 0) is 17.9 Å². The second kappa shape index (κ2) is 9.41. The Balaban J connectivity index is 1.59. The molecule has 0 saturated carbocycles. The number of hydrogen-bond acceptors (Lipinski definition) is 3. The van der Waals surface area contributed by atoms with Crippen molar-refractivity contribution in [1.29, 1.82) is 0 Å². The maximum Gasteiger partial charge on any atom is 0.321 e. The molecule has 1 heterocycles. The molecular weight excluding hydrogens is 373 g/mol. The van der Waals surface area contributed by atoms with Crippen LogP contribution in [0.15, 0.2) is 42.5 Å². The molecule has 0 spiro atoms. The van der Waals surface area contributed by atoms with Gasteiger partial charge < -0.3 is 19.9 Å². The van der Waals surface area contributed by atoms with Crippen molar-refractivity contribution in [2.45, 2.75) is 32.4 Å². The molecule has 3 rings (SSSR count). The number of ether oxygens (including phenoxy) is 1. The van der Waals surface area contributed by atoms with Gasteiger partial charge in [-0.15, -0.1) is 0 Å². The lowest BCUT2D eigenvalue weighted by molar-refractivity contribution is -0.133. The molecule has 0 unspecified atom stereocenters. The predicted octanol–water partition coefficient (Wildman–Crippen LogP) is 4.01. The van der Waals surface area contributed by atoms with Crippen LogP contribution in [0.1, 0.15) is 30.4 Å². The minimum Gasteiger partial charge on any atom is -0.494 e. The van der Waals surface area contributed by atoms with Gasteiger partial charge in [0.05, 0.1) is 7.11 Å². The van der Waals surface area contributed by atoms with E-state index in [0.717, 1.165) is 24.9 Å². The smallest absolute Gasteiger partial charge is 0.321 e. The zero-order valence-corrected chi connectivity index (χ0v) is 16.8. The van der Waals surface area contributed by atoms with Gasteiger partial charge in [-0.1, -0.05) is 18.2 Å². The first-order valence-electron chi connectivity index (χ1n) is 9.67. The number of hydrogen-bond donors (Lipinski definition) is 1. The molecule has 0 aromatic heterocycles. The Morgan fingerprint density at radius 1 is 1.21 bits per heavy atom. The lowest BCUT2D eigenvalue weighted by Gasteiger charge is -2.27. The highest BCUT2D eigenvalue weighted by Crippen LogP contribution is 2.20. The molecule has 1 aliphatic heterocycles. The van der Waals surface area contributed by atoms with Crippen LogP contribution in [0.2, 0.25) is 0 Å². The number of methoxy groups -OCH3 is 1. The largest absolute Gasteiger partial charge is 0.494 e. The first kappa shape index (κ1) is 20.6. The Morgan fingerprint density at radius 3 is 2.76 bits per heavy atom. The summed E-state index contributed by atoms with van der Waals surface area (Å²) >= 11 is 0. The minimum atomic E-state index is -0.459. The number of likely N-dealkylation sites (tertiary alicyclic amines) is 1. The van der Waals surface area contributed by atoms with E-state index in [1.807, 2.05) is 23.1 Å². The van der Waals surface area contributed by atoms with Crippen LogP contribution in [0.3, 0.4) is 0 Å². The third-order valence-corrected chi connectivity index (χ3v) is 4.96. The summed E-state index contributed by atoms with van der Waals surface area (Å²) in [4.78, 5) is 27.8. The van der Waals surface area contributed by atoms with Crippen LogP contribution in [0, 0.1) is 5.82 Å². The maximum atomic E-state index is 13.8. The fraction of sp³-hybridized carbons (Fsp3) is 0.364. The normalized spacial score (nSPS) is 13.9. The van der Waals surface area contributed by atoms with Crippen LogP contribution in [0.5, 0.6) is 5.75 Å². The summed E-state index contributed by atoms with van der Waals surface area (Å²) in [6, 6.07) is 11.8. The average molecular weight is 399 g/mol. The topological polar surface area (TPSA) is 61.9 Å². The summed E-state index contributed by atoms with van der Waals surface area (Å²) < 4.78 is 18.8. The third-order valence-electron chi connectivity index (χ3n) is 4.96. The molecule has 1 fully saturated rings. The van der Waals surface area contributed by atoms with Gasteiger partial charge in [0, 0.05) is 38.8 Å². The van der Waals surface area contributed by atoms with E-state index >= 15 is 0 Å². The summed E-state index contributed by atoms with van der Waals surface area (Å²) in [5.74, 6) is -0.110. The molecule has 0 radical (unpaired) electrons. The summed E-state index contributed by atoms with van der Waals surface area (Å²) in [7, 11) is 3.06. The second-order valence-corrected chi connectivity index (χ2v) is 7.23. The van der Waals surface area contributed by atoms with Crippen molar-refractivity contribution in [3.8, 4) is 5.75 Å². The average Bonchev–Trinajstić information content (AvgIpc) is 2.70. The van der Waals surface area contributed by atoms with Gasteiger partial charge in [-0.25, -0.2) is 9.18 Å². The van der Waals surface area contributed by atoms with E-state index in [4.69, 9.17) is 4.74 Å². The van der Waals surface area contributed by atoms with Crippen LogP contribution in [0.25, 0.3) is 0 Å². The number of halogens is 1. The number of nitrogens with one attached hydrogen (secondary N) is 1. The summed E-state index contributed by atoms with van der Waals surface area (Å²) in [5, 5.41) is 2.85. The van der Waals surface area contributed by atoms with Crippen LogP contribution < -0.4 is 10.1 Å². The van der Waals surface area contributed by atoms with Crippen molar-refractivity contribution in [3.63, 3.8) is 0 Å². The maximum absolute atomic E-state index is 13.8. The van der Waals surface area contributed by atoms with Gasteiger partial charge in [0.1, 0.15) is 0 Å². The number of piperidine rings is 1.